The molecule has 4 aromatic carbocycles. The van der Waals surface area contributed by atoms with Gasteiger partial charge in [-0.2, -0.15) is 0 Å². The molecule has 4 heterocycles. The molecule has 0 fully saturated rings. The number of fused-ring (bicyclic) bond motifs is 2. The number of benzene rings is 4. The summed E-state index contributed by atoms with van der Waals surface area (Å²) in [5, 5.41) is 3.92. The molecule has 0 aliphatic rings. The minimum Gasteiger partial charge on any atom is -0.289 e. The van der Waals surface area contributed by atoms with Gasteiger partial charge in [-0.25, -0.2) is 9.59 Å². The van der Waals surface area contributed by atoms with Crippen LogP contribution in [0.3, 0.4) is 0 Å². The Kier molecular flexibility index (Phi) is 9.26. The number of halogens is 2. The first-order chi connectivity index (χ1) is 25.7. The van der Waals surface area contributed by atoms with Crippen LogP contribution in [0.2, 0.25) is 10.0 Å². The van der Waals surface area contributed by atoms with Crippen LogP contribution < -0.4 is 22.5 Å². The summed E-state index contributed by atoms with van der Waals surface area (Å²) in [5.74, 6) is 0. The number of para-hydroxylation sites is 1. The van der Waals surface area contributed by atoms with Crippen LogP contribution in [-0.2, 0) is 26.2 Å². The summed E-state index contributed by atoms with van der Waals surface area (Å²) in [6.45, 7) is 0.660. The summed E-state index contributed by atoms with van der Waals surface area (Å²) in [4.78, 5) is 60.5. The van der Waals surface area contributed by atoms with Gasteiger partial charge in [0.2, 0.25) is 0 Å². The highest BCUT2D eigenvalue weighted by molar-refractivity contribution is 7.10. The maximum absolute atomic E-state index is 14.1. The van der Waals surface area contributed by atoms with Crippen LogP contribution in [0.1, 0.15) is 21.6 Å². The molecule has 0 aliphatic carbocycles. The number of pyridine rings is 1. The highest BCUT2D eigenvalue weighted by Crippen LogP contribution is 2.28. The molecular weight excluding hydrogens is 729 g/mol. The van der Waals surface area contributed by atoms with Gasteiger partial charge in [-0.1, -0.05) is 65.7 Å². The molecule has 4 aromatic heterocycles. The lowest BCUT2D eigenvalue weighted by Crippen LogP contribution is -2.40. The maximum Gasteiger partial charge on any atom is 0.332 e. The van der Waals surface area contributed by atoms with Gasteiger partial charge < -0.3 is 0 Å². The van der Waals surface area contributed by atoms with Crippen molar-refractivity contribution in [2.45, 2.75) is 26.2 Å². The fourth-order valence-electron chi connectivity index (χ4n) is 6.54. The minimum atomic E-state index is -0.428. The van der Waals surface area contributed by atoms with Crippen molar-refractivity contribution >= 4 is 56.3 Å². The molecule has 0 bridgehead atoms. The average Bonchev–Trinajstić information content (AvgIpc) is 3.66. The van der Waals surface area contributed by atoms with E-state index in [4.69, 9.17) is 23.2 Å². The van der Waals surface area contributed by atoms with E-state index in [2.05, 4.69) is 4.98 Å². The van der Waals surface area contributed by atoms with Gasteiger partial charge in [-0.05, 0) is 99.9 Å². The van der Waals surface area contributed by atoms with Gasteiger partial charge in [0.25, 0.3) is 11.1 Å². The number of rotatable bonds is 9. The standard InChI is InChI=1S/C41H29Cl2N5O4S/c42-31-10-5-26(6-11-31)21-45-36-4-2-1-3-34(36)38(49)48(41(45)52)24-33-19-30(25-53-33)29-9-14-37-35(20-29)39(50)47(23-27-7-12-32(43)13-8-27)40(51)46(37)22-28-15-17-44-18-16-28/h1-20,25H,21-24H2. The highest BCUT2D eigenvalue weighted by atomic mass is 35.5. The first-order valence-corrected chi connectivity index (χ1v) is 18.3. The van der Waals surface area contributed by atoms with Crippen LogP contribution >= 0.6 is 34.5 Å². The van der Waals surface area contributed by atoms with Gasteiger partial charge in [-0.3, -0.25) is 32.8 Å². The van der Waals surface area contributed by atoms with E-state index in [1.165, 1.54) is 20.5 Å². The van der Waals surface area contributed by atoms with Crippen LogP contribution in [-0.4, -0.2) is 23.3 Å². The molecular formula is C41H29Cl2N5O4S. The smallest absolute Gasteiger partial charge is 0.289 e. The van der Waals surface area contributed by atoms with E-state index in [0.717, 1.165) is 32.7 Å². The zero-order chi connectivity index (χ0) is 36.6. The van der Waals surface area contributed by atoms with E-state index < -0.39 is 16.9 Å². The van der Waals surface area contributed by atoms with E-state index in [1.54, 1.807) is 88.3 Å². The van der Waals surface area contributed by atoms with E-state index >= 15 is 0 Å². The Morgan fingerprint density at radius 2 is 1.04 bits per heavy atom. The summed E-state index contributed by atoms with van der Waals surface area (Å²) in [5.41, 5.74) is 3.52. The van der Waals surface area contributed by atoms with E-state index in [1.807, 2.05) is 47.8 Å². The van der Waals surface area contributed by atoms with Crippen molar-refractivity contribution in [2.24, 2.45) is 0 Å². The van der Waals surface area contributed by atoms with Gasteiger partial charge in [0.05, 0.1) is 48.0 Å². The normalized spacial score (nSPS) is 11.4. The molecule has 53 heavy (non-hydrogen) atoms. The Bertz CT molecular complexity index is 2890. The van der Waals surface area contributed by atoms with Crippen molar-refractivity contribution in [1.29, 1.82) is 0 Å². The fraction of sp³-hybridized carbons (Fsp3) is 0.0976. The molecule has 0 amide bonds. The number of nitrogens with zero attached hydrogens (tertiary/aromatic N) is 5. The predicted molar refractivity (Wildman–Crippen MR) is 212 cm³/mol. The molecule has 262 valence electrons. The number of hydrogen-bond donors (Lipinski definition) is 0. The van der Waals surface area contributed by atoms with E-state index in [0.29, 0.717) is 31.9 Å². The van der Waals surface area contributed by atoms with Crippen LogP contribution in [0.5, 0.6) is 0 Å². The molecule has 8 aromatic rings. The number of thiophene rings is 1. The van der Waals surface area contributed by atoms with Crippen LogP contribution in [0, 0.1) is 0 Å². The molecule has 0 radical (unpaired) electrons. The van der Waals surface area contributed by atoms with Gasteiger partial charge in [0.1, 0.15) is 0 Å². The zero-order valence-electron chi connectivity index (χ0n) is 28.0. The zero-order valence-corrected chi connectivity index (χ0v) is 30.3. The summed E-state index contributed by atoms with van der Waals surface area (Å²) in [6, 6.07) is 32.5. The molecule has 0 saturated carbocycles. The summed E-state index contributed by atoms with van der Waals surface area (Å²) in [7, 11) is 0. The third kappa shape index (κ3) is 6.80. The predicted octanol–water partition coefficient (Wildman–Crippen LogP) is 7.26. The number of aromatic nitrogens is 5. The second-order valence-electron chi connectivity index (χ2n) is 12.7. The minimum absolute atomic E-state index is 0.0702. The SMILES string of the molecule is O=c1c2cc(-c3csc(Cn4c(=O)c5ccccc5n(Cc5ccc(Cl)cc5)c4=O)c3)ccc2n(Cc2ccncc2)c(=O)n1Cc1ccc(Cl)cc1. The molecule has 0 aliphatic heterocycles. The molecule has 0 spiro atoms. The lowest BCUT2D eigenvalue weighted by Gasteiger charge is -2.15. The van der Waals surface area contributed by atoms with Crippen molar-refractivity contribution in [3.05, 3.63) is 200 Å². The largest absolute Gasteiger partial charge is 0.332 e. The van der Waals surface area contributed by atoms with Crippen molar-refractivity contribution in [3.63, 3.8) is 0 Å². The van der Waals surface area contributed by atoms with Gasteiger partial charge in [0.15, 0.2) is 0 Å². The Labute approximate surface area is 315 Å². The monoisotopic (exact) mass is 757 g/mol. The lowest BCUT2D eigenvalue weighted by molar-refractivity contribution is 0.635. The second kappa shape index (κ2) is 14.3. The Morgan fingerprint density at radius 1 is 0.509 bits per heavy atom. The first-order valence-electron chi connectivity index (χ1n) is 16.7. The number of hydrogen-bond acceptors (Lipinski definition) is 6. The Balaban J connectivity index is 1.18. The molecule has 0 unspecified atom stereocenters. The maximum atomic E-state index is 14.1. The first kappa shape index (κ1) is 34.3. The molecule has 9 nitrogen and oxygen atoms in total. The average molecular weight is 759 g/mol. The van der Waals surface area contributed by atoms with E-state index in [-0.39, 0.29) is 31.7 Å². The van der Waals surface area contributed by atoms with Crippen molar-refractivity contribution in [2.75, 3.05) is 0 Å². The van der Waals surface area contributed by atoms with Crippen molar-refractivity contribution < 1.29 is 0 Å². The second-order valence-corrected chi connectivity index (χ2v) is 14.5. The lowest BCUT2D eigenvalue weighted by atomic mass is 10.1. The van der Waals surface area contributed by atoms with Crippen LogP contribution in [0.4, 0.5) is 0 Å². The molecule has 12 heteroatoms. The molecule has 0 atom stereocenters. The third-order valence-electron chi connectivity index (χ3n) is 9.26. The Morgan fingerprint density at radius 3 is 1.68 bits per heavy atom. The van der Waals surface area contributed by atoms with Crippen LogP contribution in [0.25, 0.3) is 32.9 Å². The highest BCUT2D eigenvalue weighted by Gasteiger charge is 2.18. The van der Waals surface area contributed by atoms with Gasteiger partial charge in [-0.15, -0.1) is 11.3 Å². The Hall–Kier alpha value is -5.81. The quantitative estimate of drug-likeness (QED) is 0.154. The van der Waals surface area contributed by atoms with Crippen molar-refractivity contribution in [1.82, 2.24) is 23.3 Å². The van der Waals surface area contributed by atoms with Gasteiger partial charge >= 0.3 is 11.4 Å². The summed E-state index contributed by atoms with van der Waals surface area (Å²) >= 11 is 13.6. The topological polar surface area (TPSA) is 101 Å². The third-order valence-corrected chi connectivity index (χ3v) is 10.7. The van der Waals surface area contributed by atoms with Crippen LogP contribution in [0.15, 0.2) is 146 Å². The van der Waals surface area contributed by atoms with Gasteiger partial charge in [0, 0.05) is 27.3 Å². The molecule has 0 saturated heterocycles. The summed E-state index contributed by atoms with van der Waals surface area (Å²) in [6.07, 6.45) is 3.33. The summed E-state index contributed by atoms with van der Waals surface area (Å²) < 4.78 is 5.72. The van der Waals surface area contributed by atoms with E-state index in [9.17, 15) is 19.2 Å². The van der Waals surface area contributed by atoms with Crippen molar-refractivity contribution in [3.8, 4) is 11.1 Å². The molecule has 0 N–H and O–H groups in total. The fourth-order valence-corrected chi connectivity index (χ4v) is 7.68. The molecule has 8 rings (SSSR count).